The highest BCUT2D eigenvalue weighted by Crippen LogP contribution is 2.35. The molecule has 2 atom stereocenters. The number of aryl methyl sites for hydroxylation is 1. The standard InChI is InChI=1S/C18H19N3O5/c1-10-4-6-12(7-5-10)21-16(23)13-14(18(25)26-3)19-20(9-8-11(2)22)15(13)17(21)24/h4-7,13,15H,8-9H2,1-3H3/t13-,15+/m0/s1. The number of ketones is 1. The Kier molecular flexibility index (Phi) is 4.58. The lowest BCUT2D eigenvalue weighted by atomic mass is 9.98. The first-order valence-corrected chi connectivity index (χ1v) is 8.22. The number of anilines is 1. The number of imide groups is 1. The Labute approximate surface area is 150 Å². The highest BCUT2D eigenvalue weighted by Gasteiger charge is 2.58. The fourth-order valence-corrected chi connectivity index (χ4v) is 3.17. The van der Waals surface area contributed by atoms with Crippen molar-refractivity contribution in [1.82, 2.24) is 5.01 Å². The van der Waals surface area contributed by atoms with Crippen LogP contribution in [0.1, 0.15) is 18.9 Å². The topological polar surface area (TPSA) is 96.3 Å². The zero-order chi connectivity index (χ0) is 19.0. The maximum atomic E-state index is 12.9. The Balaban J connectivity index is 1.97. The lowest BCUT2D eigenvalue weighted by Crippen LogP contribution is -2.39. The molecule has 0 radical (unpaired) electrons. The third kappa shape index (κ3) is 2.87. The molecule has 0 saturated carbocycles. The molecular formula is C18H19N3O5. The van der Waals surface area contributed by atoms with E-state index in [0.29, 0.717) is 5.69 Å². The van der Waals surface area contributed by atoms with Crippen molar-refractivity contribution in [3.8, 4) is 0 Å². The van der Waals surface area contributed by atoms with Crippen molar-refractivity contribution in [3.63, 3.8) is 0 Å². The molecule has 8 nitrogen and oxygen atoms in total. The largest absolute Gasteiger partial charge is 0.464 e. The molecule has 3 rings (SSSR count). The van der Waals surface area contributed by atoms with E-state index in [1.807, 2.05) is 6.92 Å². The van der Waals surface area contributed by atoms with Crippen molar-refractivity contribution >= 4 is 35.0 Å². The molecule has 26 heavy (non-hydrogen) atoms. The number of amides is 2. The minimum atomic E-state index is -1.02. The van der Waals surface area contributed by atoms with Gasteiger partial charge in [-0.15, -0.1) is 0 Å². The van der Waals surface area contributed by atoms with Crippen molar-refractivity contribution in [1.29, 1.82) is 0 Å². The van der Waals surface area contributed by atoms with Gasteiger partial charge in [0.15, 0.2) is 5.71 Å². The number of ether oxygens (including phenoxy) is 1. The molecule has 0 N–H and O–H groups in total. The summed E-state index contributed by atoms with van der Waals surface area (Å²) in [7, 11) is 1.19. The molecule has 8 heteroatoms. The second-order valence-corrected chi connectivity index (χ2v) is 6.36. The zero-order valence-corrected chi connectivity index (χ0v) is 14.8. The first-order chi connectivity index (χ1) is 12.3. The molecular weight excluding hydrogens is 338 g/mol. The number of carbonyl (C=O) groups is 4. The number of Topliss-reactive ketones (excluding diaryl/α,β-unsaturated/α-hetero) is 1. The van der Waals surface area contributed by atoms with Crippen LogP contribution < -0.4 is 4.90 Å². The van der Waals surface area contributed by atoms with Gasteiger partial charge >= 0.3 is 5.97 Å². The van der Waals surface area contributed by atoms with Gasteiger partial charge in [-0.25, -0.2) is 9.69 Å². The molecule has 1 aromatic rings. The second kappa shape index (κ2) is 6.70. The van der Waals surface area contributed by atoms with Crippen molar-refractivity contribution in [2.75, 3.05) is 18.6 Å². The monoisotopic (exact) mass is 357 g/mol. The molecule has 136 valence electrons. The maximum Gasteiger partial charge on any atom is 0.355 e. The smallest absolute Gasteiger partial charge is 0.355 e. The number of fused-ring (bicyclic) bond motifs is 1. The Morgan fingerprint density at radius 1 is 1.15 bits per heavy atom. The zero-order valence-electron chi connectivity index (χ0n) is 14.8. The number of rotatable bonds is 5. The number of hydrazone groups is 1. The van der Waals surface area contributed by atoms with Gasteiger partial charge in [0, 0.05) is 13.0 Å². The molecule has 0 aliphatic carbocycles. The van der Waals surface area contributed by atoms with E-state index >= 15 is 0 Å². The summed E-state index contributed by atoms with van der Waals surface area (Å²) < 4.78 is 4.71. The van der Waals surface area contributed by atoms with Crippen LogP contribution in [0.2, 0.25) is 0 Å². The molecule has 0 spiro atoms. The van der Waals surface area contributed by atoms with Crippen LogP contribution in [0.25, 0.3) is 0 Å². The van der Waals surface area contributed by atoms with E-state index < -0.39 is 29.7 Å². The summed E-state index contributed by atoms with van der Waals surface area (Å²) in [5.41, 5.74) is 1.33. The van der Waals surface area contributed by atoms with Gasteiger partial charge in [0.25, 0.3) is 5.91 Å². The van der Waals surface area contributed by atoms with Gasteiger partial charge < -0.3 is 4.74 Å². The SMILES string of the molecule is COC(=O)C1=NN(CCC(C)=O)[C@H]2C(=O)N(c3ccc(C)cc3)C(=O)[C@@H]12. The van der Waals surface area contributed by atoms with E-state index in [9.17, 15) is 19.2 Å². The predicted octanol–water partition coefficient (Wildman–Crippen LogP) is 0.677. The van der Waals surface area contributed by atoms with Crippen molar-refractivity contribution in [3.05, 3.63) is 29.8 Å². The van der Waals surface area contributed by atoms with Crippen molar-refractivity contribution in [2.24, 2.45) is 11.0 Å². The van der Waals surface area contributed by atoms with Gasteiger partial charge in [-0.3, -0.25) is 19.4 Å². The number of nitrogens with zero attached hydrogens (tertiary/aromatic N) is 3. The van der Waals surface area contributed by atoms with Crippen LogP contribution >= 0.6 is 0 Å². The fraction of sp³-hybridized carbons (Fsp3) is 0.389. The number of methoxy groups -OCH3 is 1. The van der Waals surface area contributed by atoms with Crippen LogP contribution in [0.5, 0.6) is 0 Å². The molecule has 2 amide bonds. The highest BCUT2D eigenvalue weighted by atomic mass is 16.5. The van der Waals surface area contributed by atoms with Crippen LogP contribution in [0.15, 0.2) is 29.4 Å². The van der Waals surface area contributed by atoms with Crippen LogP contribution in [-0.2, 0) is 23.9 Å². The summed E-state index contributed by atoms with van der Waals surface area (Å²) in [5.74, 6) is -2.83. The average Bonchev–Trinajstić information content (AvgIpc) is 3.11. The number of benzene rings is 1. The summed E-state index contributed by atoms with van der Waals surface area (Å²) in [6.45, 7) is 3.48. The number of esters is 1. The summed E-state index contributed by atoms with van der Waals surface area (Å²) in [5, 5.41) is 5.47. The number of hydrogen-bond acceptors (Lipinski definition) is 7. The van der Waals surface area contributed by atoms with Crippen LogP contribution in [0.4, 0.5) is 5.69 Å². The second-order valence-electron chi connectivity index (χ2n) is 6.36. The molecule has 0 bridgehead atoms. The molecule has 1 aromatic carbocycles. The normalized spacial score (nSPS) is 21.7. The summed E-state index contributed by atoms with van der Waals surface area (Å²) in [6.07, 6.45) is 0.160. The van der Waals surface area contributed by atoms with E-state index in [1.54, 1.807) is 24.3 Å². The number of hydrogen-bond donors (Lipinski definition) is 0. The molecule has 2 aliphatic rings. The first-order valence-electron chi connectivity index (χ1n) is 8.22. The van der Waals surface area contributed by atoms with Gasteiger partial charge in [0.2, 0.25) is 5.91 Å². The Bertz CT molecular complexity index is 815. The van der Waals surface area contributed by atoms with E-state index in [2.05, 4.69) is 5.10 Å². The average molecular weight is 357 g/mol. The lowest BCUT2D eigenvalue weighted by molar-refractivity contribution is -0.133. The number of carbonyl (C=O) groups excluding carboxylic acids is 4. The minimum Gasteiger partial charge on any atom is -0.464 e. The van der Waals surface area contributed by atoms with E-state index in [-0.39, 0.29) is 24.5 Å². The van der Waals surface area contributed by atoms with E-state index in [4.69, 9.17) is 4.74 Å². The Morgan fingerprint density at radius 2 is 1.81 bits per heavy atom. The Hall–Kier alpha value is -3.03. The van der Waals surface area contributed by atoms with Gasteiger partial charge in [-0.05, 0) is 26.0 Å². The highest BCUT2D eigenvalue weighted by molar-refractivity contribution is 6.46. The summed E-state index contributed by atoms with van der Waals surface area (Å²) >= 11 is 0. The third-order valence-corrected chi connectivity index (χ3v) is 4.51. The van der Waals surface area contributed by atoms with Crippen molar-refractivity contribution < 1.29 is 23.9 Å². The van der Waals surface area contributed by atoms with Gasteiger partial charge in [0.1, 0.15) is 17.7 Å². The predicted molar refractivity (Wildman–Crippen MR) is 92.4 cm³/mol. The molecule has 1 saturated heterocycles. The molecule has 1 fully saturated rings. The van der Waals surface area contributed by atoms with Gasteiger partial charge in [-0.2, -0.15) is 5.10 Å². The summed E-state index contributed by atoms with van der Waals surface area (Å²) in [6, 6.07) is 6.03. The molecule has 0 aromatic heterocycles. The maximum absolute atomic E-state index is 12.9. The molecule has 0 unspecified atom stereocenters. The Morgan fingerprint density at radius 3 is 2.38 bits per heavy atom. The summed E-state index contributed by atoms with van der Waals surface area (Å²) in [4.78, 5) is 50.3. The fourth-order valence-electron chi connectivity index (χ4n) is 3.17. The van der Waals surface area contributed by atoms with Gasteiger partial charge in [-0.1, -0.05) is 17.7 Å². The molecule has 2 heterocycles. The lowest BCUT2D eigenvalue weighted by Gasteiger charge is -2.21. The van der Waals surface area contributed by atoms with Crippen molar-refractivity contribution in [2.45, 2.75) is 26.3 Å². The van der Waals surface area contributed by atoms with E-state index in [1.165, 1.54) is 19.0 Å². The van der Waals surface area contributed by atoms with E-state index in [0.717, 1.165) is 10.5 Å². The van der Waals surface area contributed by atoms with Crippen LogP contribution in [-0.4, -0.2) is 54.0 Å². The van der Waals surface area contributed by atoms with Crippen LogP contribution in [0, 0.1) is 12.8 Å². The van der Waals surface area contributed by atoms with Crippen LogP contribution in [0.3, 0.4) is 0 Å². The molecule has 2 aliphatic heterocycles. The quantitative estimate of drug-likeness (QED) is 0.568. The minimum absolute atomic E-state index is 0.0737. The third-order valence-electron chi connectivity index (χ3n) is 4.51. The van der Waals surface area contributed by atoms with Gasteiger partial charge in [0.05, 0.1) is 12.8 Å². The first kappa shape index (κ1) is 17.8.